The second-order valence-corrected chi connectivity index (χ2v) is 3.85. The summed E-state index contributed by atoms with van der Waals surface area (Å²) >= 11 is 5.81. The van der Waals surface area contributed by atoms with Gasteiger partial charge in [-0.05, 0) is 12.1 Å². The minimum atomic E-state index is 0.496. The van der Waals surface area contributed by atoms with Crippen LogP contribution in [-0.2, 0) is 6.54 Å². The van der Waals surface area contributed by atoms with E-state index in [1.54, 1.807) is 6.33 Å². The van der Waals surface area contributed by atoms with E-state index >= 15 is 0 Å². The minimum absolute atomic E-state index is 0.496. The molecule has 0 saturated carbocycles. The van der Waals surface area contributed by atoms with E-state index in [0.717, 1.165) is 11.3 Å². The van der Waals surface area contributed by atoms with Crippen LogP contribution < -0.4 is 0 Å². The Labute approximate surface area is 98.9 Å². The largest absolute Gasteiger partial charge is 0.336 e. The lowest BCUT2D eigenvalue weighted by Crippen LogP contribution is -1.91. The molecule has 1 aromatic heterocycles. The van der Waals surface area contributed by atoms with Gasteiger partial charge in [0.1, 0.15) is 0 Å². The van der Waals surface area contributed by atoms with E-state index in [-0.39, 0.29) is 0 Å². The zero-order valence-corrected chi connectivity index (χ0v) is 9.35. The normalized spacial score (nSPS) is 10.0. The lowest BCUT2D eigenvalue weighted by molar-refractivity contribution is 0.715. The molecule has 2 rings (SSSR count). The Kier molecular flexibility index (Phi) is 3.23. The summed E-state index contributed by atoms with van der Waals surface area (Å²) in [7, 11) is 0. The number of nitrogens with zero attached hydrogens (tertiary/aromatic N) is 3. The topological polar surface area (TPSA) is 41.6 Å². The molecule has 0 aliphatic carbocycles. The van der Waals surface area contributed by atoms with Gasteiger partial charge in [0.25, 0.3) is 0 Å². The van der Waals surface area contributed by atoms with Crippen molar-refractivity contribution in [3.63, 3.8) is 0 Å². The summed E-state index contributed by atoms with van der Waals surface area (Å²) in [5.41, 5.74) is 1.93. The van der Waals surface area contributed by atoms with Crippen LogP contribution in [0.3, 0.4) is 0 Å². The summed E-state index contributed by atoms with van der Waals surface area (Å²) in [6, 6.07) is 9.64. The van der Waals surface area contributed by atoms with Gasteiger partial charge < -0.3 is 4.57 Å². The first-order valence-corrected chi connectivity index (χ1v) is 5.32. The molecule has 0 bridgehead atoms. The third kappa shape index (κ3) is 2.41. The molecular weight excluding hydrogens is 222 g/mol. The molecule has 16 heavy (non-hydrogen) atoms. The molecule has 0 spiro atoms. The van der Waals surface area contributed by atoms with Crippen LogP contribution in [0.15, 0.2) is 36.8 Å². The predicted molar refractivity (Wildman–Crippen MR) is 62.9 cm³/mol. The van der Waals surface area contributed by atoms with Gasteiger partial charge in [-0.3, -0.25) is 0 Å². The van der Waals surface area contributed by atoms with Gasteiger partial charge in [0.15, 0.2) is 0 Å². The van der Waals surface area contributed by atoms with Crippen LogP contribution in [-0.4, -0.2) is 9.55 Å². The van der Waals surface area contributed by atoms with Gasteiger partial charge in [-0.15, -0.1) is 0 Å². The fourth-order valence-electron chi connectivity index (χ4n) is 1.43. The van der Waals surface area contributed by atoms with Crippen molar-refractivity contribution in [3.8, 4) is 17.3 Å². The maximum absolute atomic E-state index is 8.48. The summed E-state index contributed by atoms with van der Waals surface area (Å²) < 4.78 is 1.91. The highest BCUT2D eigenvalue weighted by Gasteiger charge is 2.01. The molecule has 80 valence electrons. The number of halogens is 1. The van der Waals surface area contributed by atoms with Crippen molar-refractivity contribution in [1.82, 2.24) is 9.55 Å². The van der Waals surface area contributed by atoms with Crippen LogP contribution in [0.4, 0.5) is 0 Å². The van der Waals surface area contributed by atoms with Crippen LogP contribution in [0, 0.1) is 11.3 Å². The van der Waals surface area contributed by atoms with E-state index in [0.29, 0.717) is 18.0 Å². The average molecular weight is 232 g/mol. The monoisotopic (exact) mass is 231 g/mol. The number of aryl methyl sites for hydroxylation is 1. The Balaban J connectivity index is 2.18. The molecular formula is C12H10ClN3. The molecule has 0 atom stereocenters. The van der Waals surface area contributed by atoms with E-state index in [1.165, 1.54) is 0 Å². The van der Waals surface area contributed by atoms with E-state index in [1.807, 2.05) is 35.0 Å². The number of hydrogen-bond donors (Lipinski definition) is 0. The Morgan fingerprint density at radius 1 is 1.31 bits per heavy atom. The molecule has 0 aliphatic heterocycles. The first-order chi connectivity index (χ1) is 7.79. The zero-order valence-electron chi connectivity index (χ0n) is 8.60. The highest BCUT2D eigenvalue weighted by molar-refractivity contribution is 6.30. The molecule has 3 nitrogen and oxygen atoms in total. The molecule has 1 heterocycles. The molecule has 0 aliphatic rings. The second-order valence-electron chi connectivity index (χ2n) is 3.41. The first kappa shape index (κ1) is 10.7. The van der Waals surface area contributed by atoms with Crippen LogP contribution in [0.2, 0.25) is 5.02 Å². The third-order valence-corrected chi connectivity index (χ3v) is 2.51. The maximum atomic E-state index is 8.48. The molecule has 0 N–H and O–H groups in total. The Hall–Kier alpha value is -1.79. The lowest BCUT2D eigenvalue weighted by atomic mass is 10.2. The molecule has 0 radical (unpaired) electrons. The summed E-state index contributed by atoms with van der Waals surface area (Å²) in [6.45, 7) is 0.678. The van der Waals surface area contributed by atoms with Crippen molar-refractivity contribution in [2.24, 2.45) is 0 Å². The number of rotatable bonds is 3. The predicted octanol–water partition coefficient (Wildman–Crippen LogP) is 3.12. The molecule has 1 aromatic carbocycles. The Morgan fingerprint density at radius 3 is 2.75 bits per heavy atom. The van der Waals surface area contributed by atoms with Gasteiger partial charge in [0.05, 0.1) is 24.5 Å². The lowest BCUT2D eigenvalue weighted by Gasteiger charge is -1.96. The van der Waals surface area contributed by atoms with Crippen molar-refractivity contribution in [3.05, 3.63) is 41.8 Å². The van der Waals surface area contributed by atoms with Crippen LogP contribution in [0.5, 0.6) is 0 Å². The summed E-state index contributed by atoms with van der Waals surface area (Å²) in [4.78, 5) is 4.28. The maximum Gasteiger partial charge on any atom is 0.0954 e. The van der Waals surface area contributed by atoms with Crippen LogP contribution in [0.1, 0.15) is 6.42 Å². The van der Waals surface area contributed by atoms with Gasteiger partial charge in [0.2, 0.25) is 0 Å². The second kappa shape index (κ2) is 4.82. The molecule has 4 heteroatoms. The Morgan fingerprint density at radius 2 is 2.06 bits per heavy atom. The molecule has 0 fully saturated rings. The average Bonchev–Trinajstić information content (AvgIpc) is 2.76. The number of aromatic nitrogens is 2. The zero-order chi connectivity index (χ0) is 11.4. The van der Waals surface area contributed by atoms with Crippen molar-refractivity contribution in [1.29, 1.82) is 5.26 Å². The van der Waals surface area contributed by atoms with Gasteiger partial charge >= 0.3 is 0 Å². The minimum Gasteiger partial charge on any atom is -0.336 e. The van der Waals surface area contributed by atoms with Gasteiger partial charge in [-0.25, -0.2) is 4.98 Å². The fourth-order valence-corrected chi connectivity index (χ4v) is 1.56. The number of hydrogen-bond acceptors (Lipinski definition) is 2. The van der Waals surface area contributed by atoms with E-state index in [9.17, 15) is 0 Å². The van der Waals surface area contributed by atoms with E-state index in [4.69, 9.17) is 16.9 Å². The van der Waals surface area contributed by atoms with Crippen LogP contribution >= 0.6 is 11.6 Å². The van der Waals surface area contributed by atoms with Gasteiger partial charge in [-0.1, -0.05) is 23.7 Å². The van der Waals surface area contributed by atoms with Crippen molar-refractivity contribution in [2.75, 3.05) is 0 Å². The van der Waals surface area contributed by atoms with Crippen molar-refractivity contribution < 1.29 is 0 Å². The van der Waals surface area contributed by atoms with Crippen molar-refractivity contribution in [2.45, 2.75) is 13.0 Å². The number of benzene rings is 1. The summed E-state index contributed by atoms with van der Waals surface area (Å²) in [5, 5.41) is 9.20. The molecule has 0 amide bonds. The first-order valence-electron chi connectivity index (χ1n) is 4.94. The fraction of sp³-hybridized carbons (Fsp3) is 0.167. The highest BCUT2D eigenvalue weighted by atomic mass is 35.5. The molecule has 0 saturated heterocycles. The van der Waals surface area contributed by atoms with E-state index < -0.39 is 0 Å². The molecule has 2 aromatic rings. The standard InChI is InChI=1S/C12H10ClN3/c13-11-4-2-10(3-5-11)12-8-16(9-15-12)7-1-6-14/h2-5,8-9H,1,7H2. The van der Waals surface area contributed by atoms with Crippen LogP contribution in [0.25, 0.3) is 11.3 Å². The third-order valence-electron chi connectivity index (χ3n) is 2.26. The van der Waals surface area contributed by atoms with Crippen molar-refractivity contribution >= 4 is 11.6 Å². The number of imidazole rings is 1. The smallest absolute Gasteiger partial charge is 0.0954 e. The number of nitriles is 1. The quantitative estimate of drug-likeness (QED) is 0.815. The SMILES string of the molecule is N#CCCn1cnc(-c2ccc(Cl)cc2)c1. The molecule has 0 unspecified atom stereocenters. The summed E-state index contributed by atoms with van der Waals surface area (Å²) in [6.07, 6.45) is 4.16. The van der Waals surface area contributed by atoms with Gasteiger partial charge in [-0.2, -0.15) is 5.26 Å². The van der Waals surface area contributed by atoms with Gasteiger partial charge in [0, 0.05) is 23.3 Å². The summed E-state index contributed by atoms with van der Waals surface area (Å²) in [5.74, 6) is 0. The van der Waals surface area contributed by atoms with E-state index in [2.05, 4.69) is 11.1 Å². The highest BCUT2D eigenvalue weighted by Crippen LogP contribution is 2.19. The Bertz CT molecular complexity index is 508.